The Morgan fingerprint density at radius 2 is 1.38 bits per heavy atom. The largest absolute Gasteiger partial charge is 0.491 e. The molecule has 0 spiro atoms. The molecule has 1 saturated heterocycles. The molecule has 4 aromatic carbocycles. The first kappa shape index (κ1) is 37.9. The topological polar surface area (TPSA) is 140 Å². The van der Waals surface area contributed by atoms with Crippen molar-refractivity contribution in [2.45, 2.75) is 82.2 Å². The normalized spacial score (nSPS) is 16.5. The Morgan fingerprint density at radius 3 is 1.98 bits per heavy atom. The first-order valence-corrected chi connectivity index (χ1v) is 18.6. The van der Waals surface area contributed by atoms with Crippen LogP contribution < -0.4 is 19.5 Å². The number of nitrogens with one attached hydrogen (secondary N) is 2. The van der Waals surface area contributed by atoms with Crippen molar-refractivity contribution in [2.75, 3.05) is 6.54 Å². The van der Waals surface area contributed by atoms with Gasteiger partial charge in [-0.15, -0.1) is 0 Å². The zero-order valence-electron chi connectivity index (χ0n) is 29.9. The highest BCUT2D eigenvalue weighted by Gasteiger charge is 2.43. The number of ether oxygens (including phenoxy) is 3. The van der Waals surface area contributed by atoms with Gasteiger partial charge in [0.25, 0.3) is 15.9 Å². The van der Waals surface area contributed by atoms with Crippen molar-refractivity contribution in [2.24, 2.45) is 0 Å². The quantitative estimate of drug-likeness (QED) is 0.178. The monoisotopic (exact) mass is 727 g/mol. The molecule has 0 radical (unpaired) electrons. The molecule has 1 fully saturated rings. The molecule has 12 heteroatoms. The molecule has 0 unspecified atom stereocenters. The highest BCUT2D eigenvalue weighted by atomic mass is 32.2. The average molecular weight is 728 g/mol. The number of amides is 3. The van der Waals surface area contributed by atoms with Gasteiger partial charge in [-0.05, 0) is 87.7 Å². The zero-order valence-corrected chi connectivity index (χ0v) is 30.8. The van der Waals surface area contributed by atoms with Gasteiger partial charge in [0.05, 0.1) is 17.5 Å². The SMILES string of the molecule is CC(C)Oc1ccc(C[C@H](NC(=O)[C@@H]2C[C@H](Oc3ccc(-c4ccccc4)cc3)CN2C(=O)OC(C)(C)C)C(=O)NS(=O)(=O)c2ccccc2)cc1. The van der Waals surface area contributed by atoms with Crippen LogP contribution >= 0.6 is 0 Å². The second kappa shape index (κ2) is 16.3. The maximum Gasteiger partial charge on any atom is 0.411 e. The summed E-state index contributed by atoms with van der Waals surface area (Å²) in [5.74, 6) is -0.417. The molecule has 52 heavy (non-hydrogen) atoms. The van der Waals surface area contributed by atoms with E-state index in [0.29, 0.717) is 17.1 Å². The van der Waals surface area contributed by atoms with E-state index in [2.05, 4.69) is 10.0 Å². The third-order valence-corrected chi connectivity index (χ3v) is 9.48. The summed E-state index contributed by atoms with van der Waals surface area (Å²) < 4.78 is 46.0. The smallest absolute Gasteiger partial charge is 0.411 e. The minimum absolute atomic E-state index is 0.0449. The van der Waals surface area contributed by atoms with Crippen molar-refractivity contribution in [3.63, 3.8) is 0 Å². The van der Waals surface area contributed by atoms with Crippen molar-refractivity contribution >= 4 is 27.9 Å². The van der Waals surface area contributed by atoms with Gasteiger partial charge in [0.15, 0.2) is 0 Å². The lowest BCUT2D eigenvalue weighted by Gasteiger charge is -2.28. The predicted molar refractivity (Wildman–Crippen MR) is 197 cm³/mol. The fourth-order valence-electron chi connectivity index (χ4n) is 5.75. The molecule has 4 aromatic rings. The first-order valence-electron chi connectivity index (χ1n) is 17.2. The van der Waals surface area contributed by atoms with Crippen LogP contribution in [-0.2, 0) is 30.8 Å². The third kappa shape index (κ3) is 10.3. The van der Waals surface area contributed by atoms with Crippen molar-refractivity contribution < 1.29 is 37.0 Å². The Morgan fingerprint density at radius 1 is 0.808 bits per heavy atom. The van der Waals surface area contributed by atoms with Gasteiger partial charge < -0.3 is 19.5 Å². The van der Waals surface area contributed by atoms with Crippen LogP contribution in [0.4, 0.5) is 4.79 Å². The number of likely N-dealkylation sites (tertiary alicyclic amines) is 1. The predicted octanol–water partition coefficient (Wildman–Crippen LogP) is 6.13. The summed E-state index contributed by atoms with van der Waals surface area (Å²) in [5, 5.41) is 2.73. The highest BCUT2D eigenvalue weighted by molar-refractivity contribution is 7.90. The van der Waals surface area contributed by atoms with E-state index in [4.69, 9.17) is 14.2 Å². The number of sulfonamides is 1. The fourth-order valence-corrected chi connectivity index (χ4v) is 6.79. The molecule has 3 atom stereocenters. The summed E-state index contributed by atoms with van der Waals surface area (Å²) in [6.07, 6.45) is -1.29. The van der Waals surface area contributed by atoms with E-state index >= 15 is 0 Å². The van der Waals surface area contributed by atoms with Crippen LogP contribution in [0.1, 0.15) is 46.6 Å². The van der Waals surface area contributed by atoms with Crippen LogP contribution in [0.25, 0.3) is 11.1 Å². The Kier molecular flexibility index (Phi) is 11.9. The molecule has 0 aliphatic carbocycles. The third-order valence-electron chi connectivity index (χ3n) is 8.11. The van der Waals surface area contributed by atoms with Gasteiger partial charge in [-0.25, -0.2) is 17.9 Å². The van der Waals surface area contributed by atoms with Crippen molar-refractivity contribution in [1.29, 1.82) is 0 Å². The number of rotatable bonds is 12. The van der Waals surface area contributed by atoms with Gasteiger partial charge in [0, 0.05) is 12.8 Å². The fraction of sp³-hybridized carbons (Fsp3) is 0.325. The number of nitrogens with zero attached hydrogens (tertiary/aromatic N) is 1. The van der Waals surface area contributed by atoms with E-state index in [9.17, 15) is 22.8 Å². The van der Waals surface area contributed by atoms with Gasteiger partial charge in [-0.2, -0.15) is 0 Å². The van der Waals surface area contributed by atoms with Gasteiger partial charge >= 0.3 is 6.09 Å². The second-order valence-electron chi connectivity index (χ2n) is 13.9. The van der Waals surface area contributed by atoms with E-state index < -0.39 is 51.7 Å². The molecule has 1 heterocycles. The molecule has 11 nitrogen and oxygen atoms in total. The van der Waals surface area contributed by atoms with Crippen LogP contribution in [0, 0.1) is 0 Å². The van der Waals surface area contributed by atoms with Crippen molar-refractivity contribution in [3.8, 4) is 22.6 Å². The minimum atomic E-state index is -4.26. The molecule has 1 aliphatic rings. The van der Waals surface area contributed by atoms with Gasteiger partial charge in [0.2, 0.25) is 5.91 Å². The lowest BCUT2D eigenvalue weighted by molar-refractivity contribution is -0.130. The Labute approximate surface area is 305 Å². The van der Waals surface area contributed by atoms with Crippen LogP contribution in [0.15, 0.2) is 114 Å². The number of hydrogen-bond acceptors (Lipinski definition) is 8. The van der Waals surface area contributed by atoms with Crippen LogP contribution in [0.3, 0.4) is 0 Å². The molecule has 0 bridgehead atoms. The van der Waals surface area contributed by atoms with Gasteiger partial charge in [-0.3, -0.25) is 14.5 Å². The van der Waals surface area contributed by atoms with Gasteiger partial charge in [0.1, 0.15) is 35.3 Å². The summed E-state index contributed by atoms with van der Waals surface area (Å²) in [4.78, 5) is 42.4. The molecule has 2 N–H and O–H groups in total. The van der Waals surface area contributed by atoms with Crippen LogP contribution in [-0.4, -0.2) is 67.7 Å². The second-order valence-corrected chi connectivity index (χ2v) is 15.6. The minimum Gasteiger partial charge on any atom is -0.491 e. The molecule has 5 rings (SSSR count). The van der Waals surface area contributed by atoms with E-state index in [1.54, 1.807) is 63.2 Å². The van der Waals surface area contributed by atoms with E-state index in [1.807, 2.05) is 68.4 Å². The summed E-state index contributed by atoms with van der Waals surface area (Å²) in [7, 11) is -4.26. The highest BCUT2D eigenvalue weighted by Crippen LogP contribution is 2.28. The lowest BCUT2D eigenvalue weighted by atomic mass is 10.0. The average Bonchev–Trinajstić information content (AvgIpc) is 3.53. The maximum absolute atomic E-state index is 14.1. The maximum atomic E-state index is 14.1. The number of carbonyl (C=O) groups is 3. The summed E-state index contributed by atoms with van der Waals surface area (Å²) in [6.45, 7) is 9.02. The van der Waals surface area contributed by atoms with Crippen LogP contribution in [0.5, 0.6) is 11.5 Å². The van der Waals surface area contributed by atoms with Crippen molar-refractivity contribution in [3.05, 3.63) is 115 Å². The van der Waals surface area contributed by atoms with E-state index in [0.717, 1.165) is 11.1 Å². The zero-order chi connectivity index (χ0) is 37.5. The Hall–Kier alpha value is -5.36. The lowest BCUT2D eigenvalue weighted by Crippen LogP contribution is -2.54. The molecule has 3 amide bonds. The molecule has 274 valence electrons. The summed E-state index contributed by atoms with van der Waals surface area (Å²) in [6, 6.07) is 29.5. The number of benzene rings is 4. The van der Waals surface area contributed by atoms with Crippen molar-refractivity contribution in [1.82, 2.24) is 14.9 Å². The molecular formula is C40H45N3O8S. The summed E-state index contributed by atoms with van der Waals surface area (Å²) >= 11 is 0. The Bertz CT molecular complexity index is 1930. The number of hydrogen-bond donors (Lipinski definition) is 2. The standard InChI is InChI=1S/C40H45N3O8S/c1-27(2)49-31-20-16-28(17-21-31)24-35(37(44)42-52(47,48)34-14-10-7-11-15-34)41-38(45)36-25-33(26-43(36)39(46)51-40(3,4)5)50-32-22-18-30(19-23-32)29-12-8-6-9-13-29/h6-23,27,33,35-36H,24-26H2,1-5H3,(H,41,45)(H,42,44)/t33-,35-,36-/m0/s1. The van der Waals surface area contributed by atoms with E-state index in [-0.39, 0.29) is 30.4 Å². The van der Waals surface area contributed by atoms with Gasteiger partial charge in [-0.1, -0.05) is 72.8 Å². The molecular weight excluding hydrogens is 683 g/mol. The van der Waals surface area contributed by atoms with Crippen LogP contribution in [0.2, 0.25) is 0 Å². The Balaban J connectivity index is 1.37. The summed E-state index contributed by atoms with van der Waals surface area (Å²) in [5.41, 5.74) is 1.86. The molecule has 0 aromatic heterocycles. The molecule has 1 aliphatic heterocycles. The molecule has 0 saturated carbocycles. The first-order chi connectivity index (χ1) is 24.7. The van der Waals surface area contributed by atoms with E-state index in [1.165, 1.54) is 17.0 Å². The number of carbonyl (C=O) groups excluding carboxylic acids is 3.